The van der Waals surface area contributed by atoms with Crippen molar-refractivity contribution in [1.29, 1.82) is 0 Å². The molecule has 3 amide bonds. The minimum atomic E-state index is -3.70. The molecule has 1 fully saturated rings. The summed E-state index contributed by atoms with van der Waals surface area (Å²) >= 11 is 0. The van der Waals surface area contributed by atoms with Crippen LogP contribution in [0.15, 0.2) is 47.4 Å². The normalized spacial score (nSPS) is 15.8. The van der Waals surface area contributed by atoms with Gasteiger partial charge in [-0.1, -0.05) is 18.2 Å². The second kappa shape index (κ2) is 9.46. The number of ether oxygens (including phenoxy) is 1. The fourth-order valence-corrected chi connectivity index (χ4v) is 4.73. The first-order valence-corrected chi connectivity index (χ1v) is 11.3. The average molecular weight is 447 g/mol. The summed E-state index contributed by atoms with van der Waals surface area (Å²) in [7, 11) is -3.70. The van der Waals surface area contributed by atoms with Gasteiger partial charge in [0.2, 0.25) is 10.0 Å². The van der Waals surface area contributed by atoms with Crippen LogP contribution in [0.25, 0.3) is 0 Å². The van der Waals surface area contributed by atoms with E-state index < -0.39 is 16.1 Å². The third-order valence-electron chi connectivity index (χ3n) is 5.09. The quantitative estimate of drug-likeness (QED) is 0.625. The van der Waals surface area contributed by atoms with Crippen LogP contribution < -0.4 is 16.4 Å². The van der Waals surface area contributed by atoms with E-state index in [1.54, 1.807) is 37.3 Å². The van der Waals surface area contributed by atoms with E-state index in [0.717, 1.165) is 5.56 Å². The highest BCUT2D eigenvalue weighted by Gasteiger charge is 2.27. The first-order valence-electron chi connectivity index (χ1n) is 9.84. The topological polar surface area (TPSA) is 131 Å². The Morgan fingerprint density at radius 3 is 2.35 bits per heavy atom. The lowest BCUT2D eigenvalue weighted by Gasteiger charge is -2.26. The summed E-state index contributed by atoms with van der Waals surface area (Å²) in [5.74, 6) is -0.372. The number of urea groups is 1. The molecule has 2 aromatic rings. The van der Waals surface area contributed by atoms with Crippen molar-refractivity contribution in [3.05, 3.63) is 59.2 Å². The fraction of sp³-hybridized carbons (Fsp3) is 0.333. The number of carbonyl (C=O) groups is 2. The molecule has 1 saturated heterocycles. The number of hydrogen-bond donors (Lipinski definition) is 3. The molecule has 9 nitrogen and oxygen atoms in total. The molecular formula is C21H26N4O5S. The zero-order valence-corrected chi connectivity index (χ0v) is 18.2. The predicted molar refractivity (Wildman–Crippen MR) is 116 cm³/mol. The Morgan fingerprint density at radius 2 is 1.74 bits per heavy atom. The molecule has 0 aliphatic carbocycles. The number of anilines is 1. The molecule has 0 aromatic heterocycles. The monoisotopic (exact) mass is 446 g/mol. The molecule has 0 saturated carbocycles. The van der Waals surface area contributed by atoms with Gasteiger partial charge >= 0.3 is 6.03 Å². The van der Waals surface area contributed by atoms with Crippen molar-refractivity contribution in [3.63, 3.8) is 0 Å². The van der Waals surface area contributed by atoms with Gasteiger partial charge in [-0.05, 0) is 49.2 Å². The van der Waals surface area contributed by atoms with Gasteiger partial charge in [-0.3, -0.25) is 4.79 Å². The van der Waals surface area contributed by atoms with Gasteiger partial charge in [0, 0.05) is 24.3 Å². The van der Waals surface area contributed by atoms with Crippen molar-refractivity contribution >= 4 is 27.6 Å². The number of aryl methyl sites for hydroxylation is 1. The van der Waals surface area contributed by atoms with Gasteiger partial charge in [0.1, 0.15) is 0 Å². The number of nitrogens with one attached hydrogen (secondary N) is 2. The Morgan fingerprint density at radius 1 is 1.10 bits per heavy atom. The molecule has 1 atom stereocenters. The van der Waals surface area contributed by atoms with E-state index in [-0.39, 0.29) is 29.9 Å². The lowest BCUT2D eigenvalue weighted by Crippen LogP contribution is -2.40. The highest BCUT2D eigenvalue weighted by Crippen LogP contribution is 2.22. The van der Waals surface area contributed by atoms with Gasteiger partial charge in [0.15, 0.2) is 0 Å². The molecule has 1 aliphatic heterocycles. The maximum absolute atomic E-state index is 12.9. The Balaban J connectivity index is 1.76. The number of carbonyl (C=O) groups excluding carboxylic acids is 2. The van der Waals surface area contributed by atoms with Crippen molar-refractivity contribution in [2.45, 2.75) is 24.8 Å². The summed E-state index contributed by atoms with van der Waals surface area (Å²) in [6, 6.07) is 10.5. The fourth-order valence-electron chi connectivity index (χ4n) is 3.30. The lowest BCUT2D eigenvalue weighted by atomic mass is 10.1. The largest absolute Gasteiger partial charge is 0.379 e. The second-order valence-electron chi connectivity index (χ2n) is 7.30. The van der Waals surface area contributed by atoms with Crippen LogP contribution in [-0.2, 0) is 14.8 Å². The van der Waals surface area contributed by atoms with Crippen LogP contribution in [0, 0.1) is 6.92 Å². The molecule has 3 rings (SSSR count). The van der Waals surface area contributed by atoms with Crippen LogP contribution in [0.2, 0.25) is 0 Å². The molecule has 0 radical (unpaired) electrons. The maximum atomic E-state index is 12.9. The molecule has 2 aromatic carbocycles. The number of morpholine rings is 1. The number of rotatable bonds is 6. The van der Waals surface area contributed by atoms with E-state index in [1.165, 1.54) is 16.4 Å². The van der Waals surface area contributed by atoms with Gasteiger partial charge in [-0.2, -0.15) is 4.31 Å². The van der Waals surface area contributed by atoms with E-state index >= 15 is 0 Å². The molecule has 10 heteroatoms. The minimum absolute atomic E-state index is 0.0830. The van der Waals surface area contributed by atoms with E-state index in [9.17, 15) is 18.0 Å². The second-order valence-corrected chi connectivity index (χ2v) is 9.24. The molecule has 1 unspecified atom stereocenters. The van der Waals surface area contributed by atoms with E-state index in [1.807, 2.05) is 6.92 Å². The smallest absolute Gasteiger partial charge is 0.316 e. The highest BCUT2D eigenvalue weighted by molar-refractivity contribution is 7.89. The van der Waals surface area contributed by atoms with Crippen LogP contribution in [-0.4, -0.2) is 51.0 Å². The molecule has 4 N–H and O–H groups in total. The number of nitrogens with zero attached hydrogens (tertiary/aromatic N) is 1. The molecule has 1 heterocycles. The maximum Gasteiger partial charge on any atom is 0.316 e. The molecule has 0 bridgehead atoms. The number of primary amides is 1. The van der Waals surface area contributed by atoms with Crippen LogP contribution in [0.3, 0.4) is 0 Å². The SMILES string of the molecule is Cc1ccc(S(=O)(=O)N2CCOCC2)cc1C(=O)NC(C)c1ccc(NC(N)=O)cc1. The van der Waals surface area contributed by atoms with Crippen molar-refractivity contribution in [3.8, 4) is 0 Å². The Kier molecular flexibility index (Phi) is 6.94. The zero-order chi connectivity index (χ0) is 22.6. The van der Waals surface area contributed by atoms with Crippen LogP contribution >= 0.6 is 0 Å². The number of hydrogen-bond acceptors (Lipinski definition) is 5. The first kappa shape index (κ1) is 22.7. The zero-order valence-electron chi connectivity index (χ0n) is 17.4. The van der Waals surface area contributed by atoms with Crippen LogP contribution in [0.5, 0.6) is 0 Å². The van der Waals surface area contributed by atoms with E-state index in [4.69, 9.17) is 10.5 Å². The van der Waals surface area contributed by atoms with Crippen LogP contribution in [0.1, 0.15) is 34.5 Å². The highest BCUT2D eigenvalue weighted by atomic mass is 32.2. The number of amides is 3. The van der Waals surface area contributed by atoms with Gasteiger partial charge < -0.3 is 21.1 Å². The number of nitrogens with two attached hydrogens (primary N) is 1. The summed E-state index contributed by atoms with van der Waals surface area (Å²) in [6.07, 6.45) is 0. The van der Waals surface area contributed by atoms with Gasteiger partial charge in [-0.15, -0.1) is 0 Å². The van der Waals surface area contributed by atoms with Crippen molar-refractivity contribution < 1.29 is 22.7 Å². The van der Waals surface area contributed by atoms with Crippen molar-refractivity contribution in [2.75, 3.05) is 31.6 Å². The summed E-state index contributed by atoms with van der Waals surface area (Å²) in [4.78, 5) is 23.9. The molecule has 1 aliphatic rings. The van der Waals surface area contributed by atoms with Gasteiger partial charge in [0.05, 0.1) is 24.2 Å². The third-order valence-corrected chi connectivity index (χ3v) is 6.98. The summed E-state index contributed by atoms with van der Waals surface area (Å²) in [5.41, 5.74) is 7.44. The van der Waals surface area contributed by atoms with E-state index in [0.29, 0.717) is 30.0 Å². The summed E-state index contributed by atoms with van der Waals surface area (Å²) in [6.45, 7) is 4.85. The van der Waals surface area contributed by atoms with E-state index in [2.05, 4.69) is 10.6 Å². The molecule has 166 valence electrons. The average Bonchev–Trinajstić information content (AvgIpc) is 2.74. The van der Waals surface area contributed by atoms with Crippen molar-refractivity contribution in [1.82, 2.24) is 9.62 Å². The predicted octanol–water partition coefficient (Wildman–Crippen LogP) is 2.00. The van der Waals surface area contributed by atoms with Gasteiger partial charge in [-0.25, -0.2) is 13.2 Å². The summed E-state index contributed by atoms with van der Waals surface area (Å²) < 4.78 is 32.4. The number of benzene rings is 2. The summed E-state index contributed by atoms with van der Waals surface area (Å²) in [5, 5.41) is 5.37. The van der Waals surface area contributed by atoms with Crippen molar-refractivity contribution in [2.24, 2.45) is 5.73 Å². The van der Waals surface area contributed by atoms with Crippen LogP contribution in [0.4, 0.5) is 10.5 Å². The minimum Gasteiger partial charge on any atom is -0.379 e. The van der Waals surface area contributed by atoms with Gasteiger partial charge in [0.25, 0.3) is 5.91 Å². The third kappa shape index (κ3) is 5.40. The molecular weight excluding hydrogens is 420 g/mol. The number of sulfonamides is 1. The molecule has 0 spiro atoms. The Hall–Kier alpha value is -2.95. The Labute approximate surface area is 181 Å². The first-order chi connectivity index (χ1) is 14.7. The Bertz CT molecular complexity index is 1060. The molecule has 31 heavy (non-hydrogen) atoms. The standard InChI is InChI=1S/C21H26N4O5S/c1-14-3-8-18(31(28,29)25-9-11-30-12-10-25)13-19(14)20(26)23-15(2)16-4-6-17(7-5-16)24-21(22)27/h3-8,13,15H,9-12H2,1-2H3,(H,23,26)(H3,22,24,27). The lowest BCUT2D eigenvalue weighted by molar-refractivity contribution is 0.0730.